The average Bonchev–Trinajstić information content (AvgIpc) is 2.61. The van der Waals surface area contributed by atoms with E-state index in [1.165, 1.54) is 4.68 Å². The molecule has 6 nitrogen and oxygen atoms in total. The first-order valence-corrected chi connectivity index (χ1v) is 4.90. The van der Waals surface area contributed by atoms with Crippen LogP contribution in [-0.2, 0) is 0 Å². The highest BCUT2D eigenvalue weighted by Gasteiger charge is 2.14. The van der Waals surface area contributed by atoms with Crippen molar-refractivity contribution in [2.45, 2.75) is 19.9 Å². The van der Waals surface area contributed by atoms with Gasteiger partial charge in [0.15, 0.2) is 0 Å². The molecule has 0 amide bonds. The molecule has 84 valence electrons. The van der Waals surface area contributed by atoms with Crippen LogP contribution in [0.25, 0.3) is 11.5 Å². The Morgan fingerprint density at radius 1 is 1.50 bits per heavy atom. The third-order valence-electron chi connectivity index (χ3n) is 2.13. The molecule has 0 aliphatic carbocycles. The lowest BCUT2D eigenvalue weighted by atomic mass is 10.2. The van der Waals surface area contributed by atoms with Gasteiger partial charge in [0.05, 0.1) is 11.6 Å². The fourth-order valence-corrected chi connectivity index (χ4v) is 1.32. The van der Waals surface area contributed by atoms with Crippen molar-refractivity contribution in [3.63, 3.8) is 0 Å². The van der Waals surface area contributed by atoms with Crippen molar-refractivity contribution in [1.82, 2.24) is 14.8 Å². The maximum Gasteiger partial charge on any atom is 0.437 e. The monoisotopic (exact) mass is 220 g/mol. The smallest absolute Gasteiger partial charge is 0.387 e. The second-order valence-corrected chi connectivity index (χ2v) is 3.65. The molecule has 0 saturated heterocycles. The number of hydrogen-bond donors (Lipinski definition) is 1. The lowest BCUT2D eigenvalue weighted by Gasteiger charge is -2.00. The summed E-state index contributed by atoms with van der Waals surface area (Å²) in [7, 11) is 0. The summed E-state index contributed by atoms with van der Waals surface area (Å²) >= 11 is 0. The van der Waals surface area contributed by atoms with E-state index in [2.05, 4.69) is 10.1 Å². The van der Waals surface area contributed by atoms with Crippen molar-refractivity contribution in [2.75, 3.05) is 5.73 Å². The van der Waals surface area contributed by atoms with E-state index in [0.717, 1.165) is 0 Å². The summed E-state index contributed by atoms with van der Waals surface area (Å²) in [6.45, 7) is 3.70. The summed E-state index contributed by atoms with van der Waals surface area (Å²) in [5.74, 6) is -0.00258. The summed E-state index contributed by atoms with van der Waals surface area (Å²) in [5.41, 5.74) is 6.19. The molecule has 0 aliphatic heterocycles. The van der Waals surface area contributed by atoms with E-state index in [9.17, 15) is 4.79 Å². The molecule has 16 heavy (non-hydrogen) atoms. The molecule has 0 radical (unpaired) electrons. The van der Waals surface area contributed by atoms with Crippen molar-refractivity contribution in [3.8, 4) is 11.5 Å². The topological polar surface area (TPSA) is 86.9 Å². The van der Waals surface area contributed by atoms with Gasteiger partial charge in [0.25, 0.3) is 5.89 Å². The Balaban J connectivity index is 2.54. The fraction of sp³-hybridized carbons (Fsp3) is 0.300. The minimum Gasteiger partial charge on any atom is -0.387 e. The predicted molar refractivity (Wildman–Crippen MR) is 58.8 cm³/mol. The Kier molecular flexibility index (Phi) is 2.47. The quantitative estimate of drug-likeness (QED) is 0.817. The van der Waals surface area contributed by atoms with Gasteiger partial charge >= 0.3 is 5.76 Å². The third-order valence-corrected chi connectivity index (χ3v) is 2.13. The van der Waals surface area contributed by atoms with E-state index in [1.807, 2.05) is 13.8 Å². The Hall–Kier alpha value is -2.11. The van der Waals surface area contributed by atoms with E-state index in [0.29, 0.717) is 11.4 Å². The van der Waals surface area contributed by atoms with Gasteiger partial charge in [-0.1, -0.05) is 0 Å². The van der Waals surface area contributed by atoms with E-state index in [1.54, 1.807) is 18.3 Å². The van der Waals surface area contributed by atoms with Crippen LogP contribution in [0.3, 0.4) is 0 Å². The number of nitrogen functional groups attached to an aromatic ring is 1. The van der Waals surface area contributed by atoms with Gasteiger partial charge in [-0.05, 0) is 26.0 Å². The zero-order valence-electron chi connectivity index (χ0n) is 9.04. The number of nitrogens with two attached hydrogens (primary N) is 1. The van der Waals surface area contributed by atoms with E-state index in [-0.39, 0.29) is 11.9 Å². The van der Waals surface area contributed by atoms with Crippen LogP contribution in [0.2, 0.25) is 0 Å². The molecule has 0 fully saturated rings. The molecule has 0 bridgehead atoms. The average molecular weight is 220 g/mol. The molecule has 0 aliphatic rings. The zero-order chi connectivity index (χ0) is 11.7. The summed E-state index contributed by atoms with van der Waals surface area (Å²) in [5, 5.41) is 4.06. The predicted octanol–water partition coefficient (Wildman–Crippen LogP) is 1.06. The van der Waals surface area contributed by atoms with E-state index >= 15 is 0 Å². The largest absolute Gasteiger partial charge is 0.437 e. The number of nitrogens with zero attached hydrogens (tertiary/aromatic N) is 3. The SMILES string of the molecule is CC(C)n1nc(-c2cccnc2N)oc1=O. The van der Waals surface area contributed by atoms with Crippen LogP contribution in [0.4, 0.5) is 5.82 Å². The van der Waals surface area contributed by atoms with Gasteiger partial charge in [0.2, 0.25) is 0 Å². The Morgan fingerprint density at radius 2 is 2.25 bits per heavy atom. The first-order chi connectivity index (χ1) is 7.59. The van der Waals surface area contributed by atoms with Crippen LogP contribution >= 0.6 is 0 Å². The maximum atomic E-state index is 11.4. The van der Waals surface area contributed by atoms with Crippen molar-refractivity contribution in [3.05, 3.63) is 28.9 Å². The Labute approximate surface area is 91.7 Å². The molecule has 2 rings (SSSR count). The van der Waals surface area contributed by atoms with Crippen LogP contribution in [0.15, 0.2) is 27.5 Å². The van der Waals surface area contributed by atoms with Crippen molar-refractivity contribution in [2.24, 2.45) is 0 Å². The molecular formula is C10H12N4O2. The lowest BCUT2D eigenvalue weighted by molar-refractivity contribution is 0.449. The van der Waals surface area contributed by atoms with Crippen LogP contribution < -0.4 is 11.5 Å². The lowest BCUT2D eigenvalue weighted by Crippen LogP contribution is -2.17. The summed E-state index contributed by atoms with van der Waals surface area (Å²) in [4.78, 5) is 15.3. The minimum atomic E-state index is -0.492. The minimum absolute atomic E-state index is 0.0529. The molecule has 6 heteroatoms. The Bertz CT molecular complexity index is 556. The van der Waals surface area contributed by atoms with Crippen LogP contribution in [-0.4, -0.2) is 14.8 Å². The third kappa shape index (κ3) is 1.69. The molecule has 0 saturated carbocycles. The number of rotatable bonds is 2. The van der Waals surface area contributed by atoms with Crippen LogP contribution in [0.1, 0.15) is 19.9 Å². The number of pyridine rings is 1. The number of anilines is 1. The van der Waals surface area contributed by atoms with Crippen molar-refractivity contribution in [1.29, 1.82) is 0 Å². The molecule has 0 spiro atoms. The maximum absolute atomic E-state index is 11.4. The standard InChI is InChI=1S/C10H12N4O2/c1-6(2)14-10(15)16-9(13-14)7-4-3-5-12-8(7)11/h3-6H,1-2H3,(H2,11,12). The molecule has 2 heterocycles. The molecule has 2 N–H and O–H groups in total. The van der Waals surface area contributed by atoms with Gasteiger partial charge in [-0.15, -0.1) is 5.10 Å². The second kappa shape index (κ2) is 3.80. The van der Waals surface area contributed by atoms with Gasteiger partial charge in [-0.25, -0.2) is 9.78 Å². The van der Waals surface area contributed by atoms with Gasteiger partial charge < -0.3 is 10.2 Å². The molecule has 0 unspecified atom stereocenters. The highest BCUT2D eigenvalue weighted by Crippen LogP contribution is 2.20. The molecule has 0 atom stereocenters. The van der Waals surface area contributed by atoms with Gasteiger partial charge in [0, 0.05) is 6.20 Å². The van der Waals surface area contributed by atoms with Crippen LogP contribution in [0.5, 0.6) is 0 Å². The zero-order valence-corrected chi connectivity index (χ0v) is 9.04. The normalized spacial score (nSPS) is 10.9. The molecule has 2 aromatic rings. The molecule has 0 aromatic carbocycles. The first kappa shape index (κ1) is 10.4. The summed E-state index contributed by atoms with van der Waals surface area (Å²) < 4.78 is 6.28. The van der Waals surface area contributed by atoms with Crippen LogP contribution in [0, 0.1) is 0 Å². The second-order valence-electron chi connectivity index (χ2n) is 3.65. The van der Waals surface area contributed by atoms with Gasteiger partial charge in [-0.3, -0.25) is 0 Å². The number of hydrogen-bond acceptors (Lipinski definition) is 5. The van der Waals surface area contributed by atoms with E-state index in [4.69, 9.17) is 10.2 Å². The number of aromatic nitrogens is 3. The fourth-order valence-electron chi connectivity index (χ4n) is 1.32. The molecule has 2 aromatic heterocycles. The molecular weight excluding hydrogens is 208 g/mol. The van der Waals surface area contributed by atoms with Crippen molar-refractivity contribution < 1.29 is 4.42 Å². The van der Waals surface area contributed by atoms with Gasteiger partial charge in [0.1, 0.15) is 5.82 Å². The van der Waals surface area contributed by atoms with Crippen molar-refractivity contribution >= 4 is 5.82 Å². The summed E-state index contributed by atoms with van der Waals surface area (Å²) in [6.07, 6.45) is 1.57. The van der Waals surface area contributed by atoms with Gasteiger partial charge in [-0.2, -0.15) is 4.68 Å². The first-order valence-electron chi connectivity index (χ1n) is 4.90. The highest BCUT2D eigenvalue weighted by molar-refractivity contribution is 5.65. The highest BCUT2D eigenvalue weighted by atomic mass is 16.4. The van der Waals surface area contributed by atoms with E-state index < -0.39 is 5.76 Å². The summed E-state index contributed by atoms with van der Waals surface area (Å²) in [6, 6.07) is 3.36. The Morgan fingerprint density at radius 3 is 2.81 bits per heavy atom.